The topological polar surface area (TPSA) is 59.0 Å². The molecule has 3 rings (SSSR count). The van der Waals surface area contributed by atoms with Gasteiger partial charge in [0.2, 0.25) is 5.91 Å². The lowest BCUT2D eigenvalue weighted by Gasteiger charge is -2.37. The molecule has 2 aliphatic heterocycles. The summed E-state index contributed by atoms with van der Waals surface area (Å²) in [7, 11) is 0. The molecule has 5 nitrogen and oxygen atoms in total. The van der Waals surface area contributed by atoms with E-state index in [1.165, 1.54) is 0 Å². The molecule has 0 aliphatic carbocycles. The fourth-order valence-electron chi connectivity index (χ4n) is 4.08. The molecule has 2 fully saturated rings. The molecule has 25 heavy (non-hydrogen) atoms. The van der Waals surface area contributed by atoms with E-state index in [-0.39, 0.29) is 24.0 Å². The molecule has 138 valence electrons. The van der Waals surface area contributed by atoms with Crippen molar-refractivity contribution in [2.24, 2.45) is 5.92 Å². The van der Waals surface area contributed by atoms with Gasteiger partial charge in [-0.3, -0.25) is 4.79 Å². The van der Waals surface area contributed by atoms with Crippen molar-refractivity contribution in [3.05, 3.63) is 29.3 Å². The van der Waals surface area contributed by atoms with Gasteiger partial charge in [-0.2, -0.15) is 0 Å². The van der Waals surface area contributed by atoms with Crippen molar-refractivity contribution >= 4 is 5.91 Å². The highest BCUT2D eigenvalue weighted by atomic mass is 16.5. The third-order valence-electron chi connectivity index (χ3n) is 5.26. The Balaban J connectivity index is 1.53. The van der Waals surface area contributed by atoms with Crippen molar-refractivity contribution < 1.29 is 19.4 Å². The maximum atomic E-state index is 12.7. The Kier molecular flexibility index (Phi) is 5.97. The van der Waals surface area contributed by atoms with Crippen molar-refractivity contribution in [2.75, 3.05) is 26.4 Å². The number of carbonyl (C=O) groups excluding carboxylic acids is 1. The first-order valence-corrected chi connectivity index (χ1v) is 9.31. The third kappa shape index (κ3) is 4.53. The van der Waals surface area contributed by atoms with Crippen molar-refractivity contribution in [3.63, 3.8) is 0 Å². The molecule has 1 amide bonds. The Labute approximate surface area is 149 Å². The zero-order valence-electron chi connectivity index (χ0n) is 15.2. The normalized spacial score (nSPS) is 26.7. The van der Waals surface area contributed by atoms with Gasteiger partial charge in [0.05, 0.1) is 25.7 Å². The number of likely N-dealkylation sites (tertiary alicyclic amines) is 1. The average Bonchev–Trinajstić information content (AvgIpc) is 3.03. The fraction of sp³-hybridized carbons (Fsp3) is 0.650. The number of aliphatic hydroxyl groups excluding tert-OH is 1. The Morgan fingerprint density at radius 2 is 2.04 bits per heavy atom. The van der Waals surface area contributed by atoms with Crippen molar-refractivity contribution in [2.45, 2.75) is 51.7 Å². The molecule has 3 atom stereocenters. The fourth-order valence-corrected chi connectivity index (χ4v) is 4.08. The van der Waals surface area contributed by atoms with Crippen molar-refractivity contribution in [3.8, 4) is 5.75 Å². The number of aryl methyl sites for hydroxylation is 2. The lowest BCUT2D eigenvalue weighted by Crippen LogP contribution is -2.48. The number of amides is 1. The zero-order valence-corrected chi connectivity index (χ0v) is 15.2. The minimum Gasteiger partial charge on any atom is -0.493 e. The molecule has 0 bridgehead atoms. The summed E-state index contributed by atoms with van der Waals surface area (Å²) in [4.78, 5) is 14.6. The monoisotopic (exact) mass is 347 g/mol. The van der Waals surface area contributed by atoms with E-state index in [2.05, 4.69) is 6.07 Å². The van der Waals surface area contributed by atoms with Crippen LogP contribution < -0.4 is 4.74 Å². The first-order chi connectivity index (χ1) is 12.0. The average molecular weight is 347 g/mol. The Morgan fingerprint density at radius 3 is 2.76 bits per heavy atom. The van der Waals surface area contributed by atoms with Gasteiger partial charge in [0, 0.05) is 25.1 Å². The summed E-state index contributed by atoms with van der Waals surface area (Å²) in [6.07, 6.45) is 2.62. The van der Waals surface area contributed by atoms with Gasteiger partial charge in [0.25, 0.3) is 0 Å². The van der Waals surface area contributed by atoms with Crippen molar-refractivity contribution in [1.29, 1.82) is 0 Å². The maximum Gasteiger partial charge on any atom is 0.226 e. The van der Waals surface area contributed by atoms with Gasteiger partial charge in [-0.15, -0.1) is 0 Å². The van der Waals surface area contributed by atoms with Gasteiger partial charge in [0.1, 0.15) is 5.75 Å². The van der Waals surface area contributed by atoms with Crippen LogP contribution in [0, 0.1) is 19.8 Å². The number of hydrogen-bond acceptors (Lipinski definition) is 4. The Bertz CT molecular complexity index is 583. The van der Waals surface area contributed by atoms with Crippen LogP contribution in [0.25, 0.3) is 0 Å². The highest BCUT2D eigenvalue weighted by Gasteiger charge is 2.39. The summed E-state index contributed by atoms with van der Waals surface area (Å²) >= 11 is 0. The minimum atomic E-state index is -0.362. The Hall–Kier alpha value is -1.59. The van der Waals surface area contributed by atoms with Crippen LogP contribution in [-0.2, 0) is 9.53 Å². The molecule has 0 radical (unpaired) electrons. The molecular formula is C20H29NO4. The van der Waals surface area contributed by atoms with Crippen molar-refractivity contribution in [1.82, 2.24) is 4.90 Å². The zero-order chi connectivity index (χ0) is 17.8. The van der Waals surface area contributed by atoms with Crippen LogP contribution in [0.4, 0.5) is 0 Å². The highest BCUT2D eigenvalue weighted by molar-refractivity contribution is 5.77. The van der Waals surface area contributed by atoms with E-state index >= 15 is 0 Å². The summed E-state index contributed by atoms with van der Waals surface area (Å²) in [5, 5.41) is 10.3. The standard InChI is InChI=1S/C20H29NO4/c1-14-10-15(2)12-16(11-14)25-9-6-20(23)21-7-3-4-18(21)17-13-24-8-5-19(17)22/h10-12,17-19,22H,3-9,13H2,1-2H3/t17-,18-,19-/m1/s1. The number of rotatable bonds is 5. The molecule has 2 saturated heterocycles. The van der Waals surface area contributed by atoms with Gasteiger partial charge >= 0.3 is 0 Å². The lowest BCUT2D eigenvalue weighted by atomic mass is 9.89. The minimum absolute atomic E-state index is 0.0422. The van der Waals surface area contributed by atoms with Gasteiger partial charge < -0.3 is 19.5 Å². The Morgan fingerprint density at radius 1 is 1.28 bits per heavy atom. The highest BCUT2D eigenvalue weighted by Crippen LogP contribution is 2.30. The van der Waals surface area contributed by atoms with E-state index in [0.717, 1.165) is 36.3 Å². The number of carbonyl (C=O) groups is 1. The molecule has 1 aromatic rings. The van der Waals surface area contributed by atoms with Crippen LogP contribution in [0.3, 0.4) is 0 Å². The van der Waals surface area contributed by atoms with E-state index in [1.54, 1.807) is 0 Å². The molecule has 1 N–H and O–H groups in total. The SMILES string of the molecule is Cc1cc(C)cc(OCCC(=O)N2CCC[C@@H]2[C@H]2COCC[C@H]2O)c1. The van der Waals surface area contributed by atoms with Gasteiger partial charge in [0.15, 0.2) is 0 Å². The number of benzene rings is 1. The van der Waals surface area contributed by atoms with E-state index < -0.39 is 0 Å². The van der Waals surface area contributed by atoms with Crippen LogP contribution in [0.15, 0.2) is 18.2 Å². The molecule has 5 heteroatoms. The molecule has 0 spiro atoms. The molecule has 2 heterocycles. The first kappa shape index (κ1) is 18.2. The second-order valence-corrected chi connectivity index (χ2v) is 7.31. The quantitative estimate of drug-likeness (QED) is 0.889. The predicted molar refractivity (Wildman–Crippen MR) is 95.7 cm³/mol. The van der Waals surface area contributed by atoms with E-state index in [9.17, 15) is 9.90 Å². The summed E-state index contributed by atoms with van der Waals surface area (Å²) < 4.78 is 11.3. The van der Waals surface area contributed by atoms with Crippen LogP contribution >= 0.6 is 0 Å². The van der Waals surface area contributed by atoms with Gasteiger partial charge in [-0.25, -0.2) is 0 Å². The predicted octanol–water partition coefficient (Wildman–Crippen LogP) is 2.46. The molecule has 2 aliphatic rings. The molecule has 0 aromatic heterocycles. The summed E-state index contributed by atoms with van der Waals surface area (Å²) in [6, 6.07) is 6.19. The van der Waals surface area contributed by atoms with Crippen LogP contribution in [-0.4, -0.2) is 54.4 Å². The summed E-state index contributed by atoms with van der Waals surface area (Å²) in [6.45, 7) is 6.40. The smallest absolute Gasteiger partial charge is 0.226 e. The summed E-state index contributed by atoms with van der Waals surface area (Å²) in [5.74, 6) is 0.976. The maximum absolute atomic E-state index is 12.7. The van der Waals surface area contributed by atoms with E-state index in [0.29, 0.717) is 32.7 Å². The number of aliphatic hydroxyl groups is 1. The molecule has 0 unspecified atom stereocenters. The van der Waals surface area contributed by atoms with Crippen LogP contribution in [0.2, 0.25) is 0 Å². The van der Waals surface area contributed by atoms with Crippen LogP contribution in [0.1, 0.15) is 36.8 Å². The van der Waals surface area contributed by atoms with E-state index in [4.69, 9.17) is 9.47 Å². The second-order valence-electron chi connectivity index (χ2n) is 7.31. The van der Waals surface area contributed by atoms with Gasteiger partial charge in [-0.05, 0) is 56.4 Å². The number of hydrogen-bond donors (Lipinski definition) is 1. The molecule has 1 aromatic carbocycles. The molecule has 0 saturated carbocycles. The summed E-state index contributed by atoms with van der Waals surface area (Å²) in [5.41, 5.74) is 2.32. The largest absolute Gasteiger partial charge is 0.493 e. The lowest BCUT2D eigenvalue weighted by molar-refractivity contribution is -0.136. The molecular weight excluding hydrogens is 318 g/mol. The van der Waals surface area contributed by atoms with E-state index in [1.807, 2.05) is 30.9 Å². The second kappa shape index (κ2) is 8.19. The van der Waals surface area contributed by atoms with Crippen LogP contribution in [0.5, 0.6) is 5.75 Å². The number of nitrogens with zero attached hydrogens (tertiary/aromatic N) is 1. The van der Waals surface area contributed by atoms with Gasteiger partial charge in [-0.1, -0.05) is 6.07 Å². The third-order valence-corrected chi connectivity index (χ3v) is 5.26. The number of ether oxygens (including phenoxy) is 2. The first-order valence-electron chi connectivity index (χ1n) is 9.31.